The van der Waals surface area contributed by atoms with E-state index in [1.54, 1.807) is 31.2 Å². The molecule has 126 valence electrons. The normalized spacial score (nSPS) is 11.6. The van der Waals surface area contributed by atoms with Crippen molar-refractivity contribution in [1.82, 2.24) is 0 Å². The number of rotatable bonds is 6. The number of benzene rings is 2. The molecule has 0 aliphatic heterocycles. The van der Waals surface area contributed by atoms with Crippen molar-refractivity contribution in [1.29, 1.82) is 0 Å². The molecule has 0 saturated heterocycles. The third-order valence-electron chi connectivity index (χ3n) is 3.28. The second kappa shape index (κ2) is 8.76. The number of hydrogen-bond donors (Lipinski definition) is 2. The lowest BCUT2D eigenvalue weighted by molar-refractivity contribution is -0.115. The van der Waals surface area contributed by atoms with Crippen molar-refractivity contribution < 1.29 is 9.59 Å². The molecule has 0 heterocycles. The molecule has 2 N–H and O–H groups in total. The third kappa shape index (κ3) is 5.91. The number of halogens is 1. The van der Waals surface area contributed by atoms with Crippen LogP contribution in [-0.2, 0) is 9.59 Å². The largest absolute Gasteiger partial charge is 0.325 e. The van der Waals surface area contributed by atoms with Gasteiger partial charge in [0.15, 0.2) is 0 Å². The van der Waals surface area contributed by atoms with Crippen LogP contribution in [0.2, 0.25) is 5.02 Å². The standard InChI is InChI=1S/C18H19ClN2O2S/c1-12-3-7-15(8-4-12)20-17(22)11-24-13(2)18(23)21-16-9-5-14(19)6-10-16/h3-10,13H,11H2,1-2H3,(H,20,22)(H,21,23). The molecule has 0 fully saturated rings. The molecule has 2 rings (SSSR count). The highest BCUT2D eigenvalue weighted by Crippen LogP contribution is 2.17. The Bertz CT molecular complexity index is 702. The van der Waals surface area contributed by atoms with Gasteiger partial charge in [0.1, 0.15) is 0 Å². The van der Waals surface area contributed by atoms with Crippen molar-refractivity contribution >= 4 is 46.6 Å². The molecule has 2 aromatic carbocycles. The molecule has 0 radical (unpaired) electrons. The number of anilines is 2. The van der Waals surface area contributed by atoms with Crippen LogP contribution in [0, 0.1) is 6.92 Å². The first-order valence-electron chi connectivity index (χ1n) is 7.48. The molecule has 2 aromatic rings. The fourth-order valence-corrected chi connectivity index (χ4v) is 2.70. The molecular formula is C18H19ClN2O2S. The molecule has 2 amide bonds. The van der Waals surface area contributed by atoms with E-state index in [0.717, 1.165) is 11.3 Å². The van der Waals surface area contributed by atoms with Crippen molar-refractivity contribution in [3.63, 3.8) is 0 Å². The van der Waals surface area contributed by atoms with E-state index < -0.39 is 0 Å². The summed E-state index contributed by atoms with van der Waals surface area (Å²) in [6.07, 6.45) is 0. The second-order valence-corrected chi connectivity index (χ2v) is 7.13. The average molecular weight is 363 g/mol. The Balaban J connectivity index is 1.77. The zero-order chi connectivity index (χ0) is 17.5. The number of nitrogens with one attached hydrogen (secondary N) is 2. The predicted molar refractivity (Wildman–Crippen MR) is 102 cm³/mol. The minimum Gasteiger partial charge on any atom is -0.325 e. The first-order chi connectivity index (χ1) is 11.4. The van der Waals surface area contributed by atoms with E-state index in [0.29, 0.717) is 10.7 Å². The van der Waals surface area contributed by atoms with Crippen molar-refractivity contribution in [2.75, 3.05) is 16.4 Å². The van der Waals surface area contributed by atoms with Gasteiger partial charge in [0.25, 0.3) is 0 Å². The van der Waals surface area contributed by atoms with Gasteiger partial charge < -0.3 is 10.6 Å². The summed E-state index contributed by atoms with van der Waals surface area (Å²) in [5.41, 5.74) is 2.57. The van der Waals surface area contributed by atoms with E-state index in [2.05, 4.69) is 10.6 Å². The summed E-state index contributed by atoms with van der Waals surface area (Å²) in [6, 6.07) is 14.5. The van der Waals surface area contributed by atoms with Crippen LogP contribution >= 0.6 is 23.4 Å². The minimum atomic E-state index is -0.343. The van der Waals surface area contributed by atoms with Crippen LogP contribution in [0.3, 0.4) is 0 Å². The van der Waals surface area contributed by atoms with Gasteiger partial charge in [-0.3, -0.25) is 9.59 Å². The van der Waals surface area contributed by atoms with Gasteiger partial charge in [-0.05, 0) is 50.2 Å². The Kier molecular flexibility index (Phi) is 6.70. The molecular weight excluding hydrogens is 344 g/mol. The van der Waals surface area contributed by atoms with E-state index in [4.69, 9.17) is 11.6 Å². The molecule has 0 bridgehead atoms. The van der Waals surface area contributed by atoms with Gasteiger partial charge in [0, 0.05) is 16.4 Å². The van der Waals surface area contributed by atoms with E-state index in [1.807, 2.05) is 31.2 Å². The summed E-state index contributed by atoms with van der Waals surface area (Å²) in [6.45, 7) is 3.76. The Labute approximate surface area is 151 Å². The zero-order valence-corrected chi connectivity index (χ0v) is 15.1. The van der Waals surface area contributed by atoms with Crippen LogP contribution in [0.25, 0.3) is 0 Å². The van der Waals surface area contributed by atoms with Gasteiger partial charge in [-0.2, -0.15) is 0 Å². The molecule has 0 aliphatic carbocycles. The first-order valence-corrected chi connectivity index (χ1v) is 8.91. The van der Waals surface area contributed by atoms with Gasteiger partial charge in [-0.1, -0.05) is 29.3 Å². The zero-order valence-electron chi connectivity index (χ0n) is 13.5. The quantitative estimate of drug-likeness (QED) is 0.803. The molecule has 0 aromatic heterocycles. The van der Waals surface area contributed by atoms with Gasteiger partial charge in [-0.25, -0.2) is 0 Å². The smallest absolute Gasteiger partial charge is 0.237 e. The minimum absolute atomic E-state index is 0.130. The Morgan fingerprint density at radius 3 is 2.17 bits per heavy atom. The monoisotopic (exact) mass is 362 g/mol. The van der Waals surface area contributed by atoms with Crippen molar-refractivity contribution in [3.8, 4) is 0 Å². The second-order valence-electron chi connectivity index (χ2n) is 5.36. The highest BCUT2D eigenvalue weighted by atomic mass is 35.5. The maximum Gasteiger partial charge on any atom is 0.237 e. The maximum atomic E-state index is 12.1. The van der Waals surface area contributed by atoms with Gasteiger partial charge in [0.2, 0.25) is 11.8 Å². The van der Waals surface area contributed by atoms with Gasteiger partial charge in [-0.15, -0.1) is 11.8 Å². The highest BCUT2D eigenvalue weighted by Gasteiger charge is 2.15. The highest BCUT2D eigenvalue weighted by molar-refractivity contribution is 8.01. The Hall–Kier alpha value is -1.98. The van der Waals surface area contributed by atoms with Gasteiger partial charge >= 0.3 is 0 Å². The van der Waals surface area contributed by atoms with Gasteiger partial charge in [0.05, 0.1) is 11.0 Å². The van der Waals surface area contributed by atoms with Crippen molar-refractivity contribution in [2.45, 2.75) is 19.1 Å². The topological polar surface area (TPSA) is 58.2 Å². The van der Waals surface area contributed by atoms with Crippen LogP contribution in [0.1, 0.15) is 12.5 Å². The van der Waals surface area contributed by atoms with Crippen LogP contribution in [0.5, 0.6) is 0 Å². The number of aryl methyl sites for hydroxylation is 1. The summed E-state index contributed by atoms with van der Waals surface area (Å²) in [7, 11) is 0. The molecule has 0 spiro atoms. The fourth-order valence-electron chi connectivity index (χ4n) is 1.89. The summed E-state index contributed by atoms with van der Waals surface area (Å²) in [4.78, 5) is 24.1. The van der Waals surface area contributed by atoms with Crippen LogP contribution in [-0.4, -0.2) is 22.8 Å². The lowest BCUT2D eigenvalue weighted by atomic mass is 10.2. The van der Waals surface area contributed by atoms with Crippen LogP contribution in [0.4, 0.5) is 11.4 Å². The number of thioether (sulfide) groups is 1. The number of amides is 2. The predicted octanol–water partition coefficient (Wildman–Crippen LogP) is 4.35. The Morgan fingerprint density at radius 2 is 1.54 bits per heavy atom. The molecule has 0 aliphatic rings. The summed E-state index contributed by atoms with van der Waals surface area (Å²) >= 11 is 7.10. The maximum absolute atomic E-state index is 12.1. The number of carbonyl (C=O) groups is 2. The average Bonchev–Trinajstić information content (AvgIpc) is 2.57. The number of carbonyl (C=O) groups excluding carboxylic acids is 2. The molecule has 1 atom stereocenters. The van der Waals surface area contributed by atoms with E-state index in [-0.39, 0.29) is 22.8 Å². The van der Waals surface area contributed by atoms with E-state index in [1.165, 1.54) is 11.8 Å². The van der Waals surface area contributed by atoms with E-state index in [9.17, 15) is 9.59 Å². The molecule has 1 unspecified atom stereocenters. The first kappa shape index (κ1) is 18.4. The van der Waals surface area contributed by atoms with Crippen LogP contribution in [0.15, 0.2) is 48.5 Å². The summed E-state index contributed by atoms with van der Waals surface area (Å²) in [5, 5.41) is 5.88. The van der Waals surface area contributed by atoms with Crippen molar-refractivity contribution in [2.24, 2.45) is 0 Å². The summed E-state index contributed by atoms with van der Waals surface area (Å²) in [5.74, 6) is -0.0660. The lowest BCUT2D eigenvalue weighted by Crippen LogP contribution is -2.25. The van der Waals surface area contributed by atoms with Crippen molar-refractivity contribution in [3.05, 3.63) is 59.1 Å². The molecule has 24 heavy (non-hydrogen) atoms. The van der Waals surface area contributed by atoms with Crippen LogP contribution < -0.4 is 10.6 Å². The molecule has 6 heteroatoms. The number of hydrogen-bond acceptors (Lipinski definition) is 3. The lowest BCUT2D eigenvalue weighted by Gasteiger charge is -2.12. The third-order valence-corrected chi connectivity index (χ3v) is 4.68. The SMILES string of the molecule is Cc1ccc(NC(=O)CSC(C)C(=O)Nc2ccc(Cl)cc2)cc1. The summed E-state index contributed by atoms with van der Waals surface area (Å²) < 4.78 is 0. The Morgan fingerprint density at radius 1 is 1.00 bits per heavy atom. The molecule has 4 nitrogen and oxygen atoms in total. The van der Waals surface area contributed by atoms with E-state index >= 15 is 0 Å². The molecule has 0 saturated carbocycles. The fraction of sp³-hybridized carbons (Fsp3) is 0.222.